The van der Waals surface area contributed by atoms with Gasteiger partial charge >= 0.3 is 53.4 Å². The predicted molar refractivity (Wildman–Crippen MR) is 169 cm³/mol. The molecule has 0 saturated carbocycles. The number of ether oxygens (including phenoxy) is 4. The zero-order valence-electron chi connectivity index (χ0n) is 30.2. The summed E-state index contributed by atoms with van der Waals surface area (Å²) < 4.78 is 32.0. The van der Waals surface area contributed by atoms with Crippen molar-refractivity contribution in [2.45, 2.75) is 78.9 Å². The van der Waals surface area contributed by atoms with Crippen LogP contribution in [-0.4, -0.2) is 58.1 Å². The number of nitro benzene ring substituents is 2. The van der Waals surface area contributed by atoms with Gasteiger partial charge in [0.25, 0.3) is 11.4 Å². The molecule has 1 unspecified atom stereocenters. The van der Waals surface area contributed by atoms with E-state index in [1.807, 2.05) is 0 Å². The van der Waals surface area contributed by atoms with Crippen LogP contribution in [0.4, 0.5) is 15.8 Å². The normalized spacial score (nSPS) is 10.7. The zero-order valence-corrected chi connectivity index (χ0v) is 31.2. The average Bonchev–Trinajstić information content (AvgIpc) is 2.95. The number of rotatable bonds is 9. The molecule has 0 radical (unpaired) electrons. The molecule has 18 heteroatoms. The van der Waals surface area contributed by atoms with Crippen LogP contribution in [0.2, 0.25) is 0 Å². The minimum absolute atomic E-state index is 0. The second kappa shape index (κ2) is 21.9. The van der Waals surface area contributed by atoms with Crippen molar-refractivity contribution in [3.8, 4) is 12.1 Å². The Morgan fingerprint density at radius 2 is 1.24 bits per heavy atom. The van der Waals surface area contributed by atoms with E-state index in [4.69, 9.17) is 24.7 Å². The van der Waals surface area contributed by atoms with Crippen molar-refractivity contribution in [1.29, 1.82) is 10.5 Å². The number of carbonyl (C=O) groups excluding carboxylic acids is 4. The van der Waals surface area contributed by atoms with E-state index in [-0.39, 0.29) is 73.0 Å². The first-order chi connectivity index (χ1) is 22.6. The van der Waals surface area contributed by atoms with Gasteiger partial charge in [0.2, 0.25) is 0 Å². The number of carbonyl (C=O) groups is 4. The molecule has 0 bridgehead atoms. The van der Waals surface area contributed by atoms with E-state index < -0.39 is 62.3 Å². The fraction of sp³-hybridized carbons (Fsp3) is 0.438. The Kier molecular flexibility index (Phi) is 20.6. The average molecular weight is 713 g/mol. The second-order valence-corrected chi connectivity index (χ2v) is 11.5. The molecule has 1 atom stereocenters. The van der Waals surface area contributed by atoms with Crippen molar-refractivity contribution in [3.63, 3.8) is 0 Å². The van der Waals surface area contributed by atoms with Gasteiger partial charge in [-0.3, -0.25) is 39.4 Å². The first-order valence-corrected chi connectivity index (χ1v) is 14.4. The summed E-state index contributed by atoms with van der Waals surface area (Å²) in [7, 11) is 0. The van der Waals surface area contributed by atoms with Crippen molar-refractivity contribution in [1.82, 2.24) is 0 Å². The molecule has 0 amide bonds. The number of nitrogens with zero attached hydrogens (tertiary/aromatic N) is 4. The molecule has 0 N–H and O–H groups in total. The Labute approximate surface area is 311 Å². The minimum atomic E-state index is -1.42. The third kappa shape index (κ3) is 18.0. The van der Waals surface area contributed by atoms with Crippen LogP contribution in [0.3, 0.4) is 0 Å². The van der Waals surface area contributed by atoms with Gasteiger partial charge in [-0.05, 0) is 79.2 Å². The maximum absolute atomic E-state index is 12.4. The molecule has 0 saturated heterocycles. The van der Waals surface area contributed by atoms with Crippen molar-refractivity contribution < 1.29 is 83.3 Å². The second-order valence-electron chi connectivity index (χ2n) is 11.5. The largest absolute Gasteiger partial charge is 1.00 e. The molecule has 2 aromatic carbocycles. The maximum atomic E-state index is 12.4. The van der Waals surface area contributed by atoms with Gasteiger partial charge < -0.3 is 20.4 Å². The summed E-state index contributed by atoms with van der Waals surface area (Å²) in [4.78, 5) is 66.0. The Bertz CT molecular complexity index is 1630. The van der Waals surface area contributed by atoms with Crippen LogP contribution < -0.4 is 29.6 Å². The van der Waals surface area contributed by atoms with Crippen molar-refractivity contribution in [2.24, 2.45) is 0 Å². The van der Waals surface area contributed by atoms with E-state index in [9.17, 15) is 43.8 Å². The molecule has 50 heavy (non-hydrogen) atoms. The van der Waals surface area contributed by atoms with Crippen LogP contribution in [0, 0.1) is 48.7 Å². The summed E-state index contributed by atoms with van der Waals surface area (Å²) in [5, 5.41) is 38.5. The molecule has 0 aliphatic heterocycles. The molecular weight excluding hydrogens is 674 g/mol. The minimum Gasteiger partial charge on any atom is -1.00 e. The number of hydrogen-bond acceptors (Lipinski definition) is 14. The molecular formula is C32H38FN4NaO12. The van der Waals surface area contributed by atoms with Crippen LogP contribution in [-0.2, 0) is 38.1 Å². The molecule has 16 nitrogen and oxygen atoms in total. The number of esters is 4. The van der Waals surface area contributed by atoms with Gasteiger partial charge in [0.15, 0.2) is 5.92 Å². The predicted octanol–water partition coefficient (Wildman–Crippen LogP) is 2.46. The fourth-order valence-electron chi connectivity index (χ4n) is 3.40. The number of nitro groups is 2. The van der Waals surface area contributed by atoms with Crippen LogP contribution in [0.15, 0.2) is 36.4 Å². The summed E-state index contributed by atoms with van der Waals surface area (Å²) in [5.41, 5.74) is -2.59. The van der Waals surface area contributed by atoms with Crippen LogP contribution >= 0.6 is 0 Å². The summed E-state index contributed by atoms with van der Waals surface area (Å²) in [5.74, 6) is -4.86. The van der Waals surface area contributed by atoms with E-state index in [1.54, 1.807) is 61.5 Å². The van der Waals surface area contributed by atoms with Gasteiger partial charge in [-0.1, -0.05) is 6.07 Å². The summed E-state index contributed by atoms with van der Waals surface area (Å²) in [6.07, 6.45) is -0.314. The molecule has 2 rings (SSSR count). The van der Waals surface area contributed by atoms with Crippen LogP contribution in [0.1, 0.15) is 85.8 Å². The third-order valence-corrected chi connectivity index (χ3v) is 5.13. The SMILES string of the molecule is CCOC(=O)C(C(=O)OC(C)(C)C)c1ccc([N+](=O)[O-])c(C#N)c1.CCOC(=O)CC(=O)OC(C)(C)C.N#Cc1cc(F)ccc1[N+](=O)[O-].[H-].[Na+]. The first kappa shape index (κ1) is 47.1. The molecule has 2 aromatic rings. The molecule has 0 aliphatic rings. The monoisotopic (exact) mass is 712 g/mol. The first-order valence-electron chi connectivity index (χ1n) is 14.4. The Hall–Kier alpha value is -4.97. The van der Waals surface area contributed by atoms with Gasteiger partial charge in [-0.15, -0.1) is 0 Å². The smallest absolute Gasteiger partial charge is 1.00 e. The van der Waals surface area contributed by atoms with E-state index in [0.29, 0.717) is 0 Å². The molecule has 0 aliphatic carbocycles. The summed E-state index contributed by atoms with van der Waals surface area (Å²) in [6.45, 7) is 13.8. The van der Waals surface area contributed by atoms with Crippen molar-refractivity contribution in [2.75, 3.05) is 13.2 Å². The molecule has 266 valence electrons. The van der Waals surface area contributed by atoms with Gasteiger partial charge in [0.1, 0.15) is 46.7 Å². The van der Waals surface area contributed by atoms with Crippen LogP contribution in [0.25, 0.3) is 0 Å². The Morgan fingerprint density at radius 3 is 1.66 bits per heavy atom. The standard InChI is InChI=1S/C16H18N2O6.C9H16O4.C7H3FN2O2.Na.H/c1-5-23-14(19)13(15(20)24-16(2,3)4)10-6-7-12(18(21)22)11(8-10)9-17;1-5-12-7(10)6-8(11)13-9(2,3)4;8-6-1-2-7(10(11)12)5(3-6)4-9;;/h6-8,13H,5H2,1-4H3;5-6H2,1-4H3;1-3H;;/q;;;+1;-1. The topological polar surface area (TPSA) is 239 Å². The summed E-state index contributed by atoms with van der Waals surface area (Å²) >= 11 is 0. The van der Waals surface area contributed by atoms with E-state index in [0.717, 1.165) is 30.3 Å². The molecule has 0 spiro atoms. The zero-order chi connectivity index (χ0) is 38.1. The number of nitriles is 2. The van der Waals surface area contributed by atoms with Crippen molar-refractivity contribution in [3.05, 3.63) is 79.1 Å². The number of hydrogen-bond donors (Lipinski definition) is 0. The molecule has 0 aromatic heterocycles. The third-order valence-electron chi connectivity index (χ3n) is 5.13. The Morgan fingerprint density at radius 1 is 0.780 bits per heavy atom. The van der Waals surface area contributed by atoms with Gasteiger partial charge in [0, 0.05) is 12.1 Å². The van der Waals surface area contributed by atoms with E-state index in [1.165, 1.54) is 12.1 Å². The quantitative estimate of drug-likeness (QED) is 0.0906. The molecule has 0 fully saturated rings. The Balaban J connectivity index is -0.000000726. The van der Waals surface area contributed by atoms with E-state index in [2.05, 4.69) is 4.74 Å². The van der Waals surface area contributed by atoms with E-state index >= 15 is 0 Å². The van der Waals surface area contributed by atoms with Crippen molar-refractivity contribution >= 4 is 35.3 Å². The number of halogens is 1. The number of benzene rings is 2. The van der Waals surface area contributed by atoms with Crippen LogP contribution in [0.5, 0.6) is 0 Å². The van der Waals surface area contributed by atoms with Gasteiger partial charge in [-0.2, -0.15) is 10.5 Å². The molecule has 0 heterocycles. The summed E-state index contributed by atoms with van der Waals surface area (Å²) in [6, 6.07) is 9.40. The fourth-order valence-corrected chi connectivity index (χ4v) is 3.40. The van der Waals surface area contributed by atoms with Gasteiger partial charge in [-0.25, -0.2) is 4.39 Å². The van der Waals surface area contributed by atoms with Gasteiger partial charge in [0.05, 0.1) is 23.1 Å². The maximum Gasteiger partial charge on any atom is 1.00 e.